The molecule has 17 heavy (non-hydrogen) atoms. The summed E-state index contributed by atoms with van der Waals surface area (Å²) in [6.45, 7) is 14.1. The summed E-state index contributed by atoms with van der Waals surface area (Å²) in [4.78, 5) is 12.2. The van der Waals surface area contributed by atoms with Crippen molar-refractivity contribution < 1.29 is 4.79 Å². The van der Waals surface area contributed by atoms with Gasteiger partial charge in [0.1, 0.15) is 5.78 Å². The molecule has 2 aliphatic carbocycles. The van der Waals surface area contributed by atoms with Gasteiger partial charge < -0.3 is 0 Å². The molecule has 0 spiro atoms. The highest BCUT2D eigenvalue weighted by molar-refractivity contribution is 5.83. The number of hydrogen-bond acceptors (Lipinski definition) is 1. The van der Waals surface area contributed by atoms with E-state index in [0.29, 0.717) is 22.5 Å². The fourth-order valence-electron chi connectivity index (χ4n) is 5.02. The van der Waals surface area contributed by atoms with E-state index >= 15 is 0 Å². The number of Topliss-reactive ketones (excluding diaryl/α,β-unsaturated/α-hetero) is 1. The lowest BCUT2D eigenvalue weighted by Crippen LogP contribution is -2.60. The van der Waals surface area contributed by atoms with Gasteiger partial charge in [-0.2, -0.15) is 0 Å². The van der Waals surface area contributed by atoms with Crippen molar-refractivity contribution in [1.82, 2.24) is 0 Å². The third-order valence-electron chi connectivity index (χ3n) is 6.92. The Morgan fingerprint density at radius 2 is 1.65 bits per heavy atom. The molecule has 1 nitrogen and oxygen atoms in total. The molecule has 0 aromatic heterocycles. The Bertz CT molecular complexity index is 343. The summed E-state index contributed by atoms with van der Waals surface area (Å²) in [7, 11) is 0. The molecule has 2 rings (SSSR count). The first-order valence-electron chi connectivity index (χ1n) is 7.18. The third kappa shape index (κ3) is 1.47. The van der Waals surface area contributed by atoms with Crippen molar-refractivity contribution >= 4 is 5.78 Å². The molecule has 2 saturated carbocycles. The van der Waals surface area contributed by atoms with E-state index in [4.69, 9.17) is 0 Å². The predicted octanol–water partition coefficient (Wildman–Crippen LogP) is 4.45. The van der Waals surface area contributed by atoms with Crippen LogP contribution in [0.4, 0.5) is 0 Å². The summed E-state index contributed by atoms with van der Waals surface area (Å²) in [5, 5.41) is 0. The summed E-state index contributed by atoms with van der Waals surface area (Å²) in [5.74, 6) is 1.24. The highest BCUT2D eigenvalue weighted by Gasteiger charge is 2.62. The lowest BCUT2D eigenvalue weighted by molar-refractivity contribution is -0.178. The van der Waals surface area contributed by atoms with Gasteiger partial charge in [-0.1, -0.05) is 48.0 Å². The number of carbonyl (C=O) groups is 1. The number of ketones is 1. The molecule has 0 bridgehead atoms. The summed E-state index contributed by atoms with van der Waals surface area (Å²) >= 11 is 0. The first-order chi connectivity index (χ1) is 7.66. The standard InChI is InChI=1S/C16H28O/c1-11-12(2)16(6)14(3,4)8-7-9-15(16,5)10-13(11)17/h11-12H,7-10H2,1-6H3/t11-,12+,15+,16+/m1/s1. The van der Waals surface area contributed by atoms with Crippen LogP contribution in [0.3, 0.4) is 0 Å². The number of fused-ring (bicyclic) bond motifs is 1. The minimum absolute atomic E-state index is 0.220. The van der Waals surface area contributed by atoms with Gasteiger partial charge in [-0.15, -0.1) is 0 Å². The smallest absolute Gasteiger partial charge is 0.136 e. The minimum Gasteiger partial charge on any atom is -0.299 e. The predicted molar refractivity (Wildman–Crippen MR) is 71.8 cm³/mol. The molecule has 0 saturated heterocycles. The highest BCUT2D eigenvalue weighted by Crippen LogP contribution is 2.68. The van der Waals surface area contributed by atoms with Gasteiger partial charge in [0.25, 0.3) is 0 Å². The molecular formula is C16H28O. The Balaban J connectivity index is 2.52. The van der Waals surface area contributed by atoms with Crippen LogP contribution in [0.1, 0.15) is 67.2 Å². The van der Waals surface area contributed by atoms with E-state index in [-0.39, 0.29) is 11.3 Å². The van der Waals surface area contributed by atoms with E-state index in [0.717, 1.165) is 6.42 Å². The maximum atomic E-state index is 12.2. The van der Waals surface area contributed by atoms with E-state index in [1.54, 1.807) is 0 Å². The molecule has 0 heterocycles. The molecule has 0 aliphatic heterocycles. The van der Waals surface area contributed by atoms with Crippen molar-refractivity contribution in [3.8, 4) is 0 Å². The van der Waals surface area contributed by atoms with Crippen LogP contribution < -0.4 is 0 Å². The van der Waals surface area contributed by atoms with Crippen LogP contribution in [0.5, 0.6) is 0 Å². The second kappa shape index (κ2) is 3.59. The average Bonchev–Trinajstić information content (AvgIpc) is 2.21. The third-order valence-corrected chi connectivity index (χ3v) is 6.92. The summed E-state index contributed by atoms with van der Waals surface area (Å²) < 4.78 is 0. The number of hydrogen-bond donors (Lipinski definition) is 0. The largest absolute Gasteiger partial charge is 0.299 e. The summed E-state index contributed by atoms with van der Waals surface area (Å²) in [6, 6.07) is 0. The van der Waals surface area contributed by atoms with Crippen molar-refractivity contribution in [3.05, 3.63) is 0 Å². The fraction of sp³-hybridized carbons (Fsp3) is 0.938. The molecule has 0 aromatic rings. The molecule has 2 aliphatic rings. The molecule has 98 valence electrons. The van der Waals surface area contributed by atoms with E-state index in [1.165, 1.54) is 19.3 Å². The zero-order chi connectivity index (χ0) is 13.1. The van der Waals surface area contributed by atoms with Crippen molar-refractivity contribution in [3.63, 3.8) is 0 Å². The molecule has 2 fully saturated rings. The Morgan fingerprint density at radius 1 is 1.06 bits per heavy atom. The SMILES string of the molecule is C[C@H]1C(=O)C[C@]2(C)CCCC(C)(C)[C@]2(C)[C@H]1C. The Labute approximate surface area is 106 Å². The van der Waals surface area contributed by atoms with Crippen LogP contribution >= 0.6 is 0 Å². The maximum Gasteiger partial charge on any atom is 0.136 e. The van der Waals surface area contributed by atoms with Crippen LogP contribution in [-0.2, 0) is 4.79 Å². The Kier molecular flexibility index (Phi) is 2.76. The van der Waals surface area contributed by atoms with Crippen molar-refractivity contribution in [2.75, 3.05) is 0 Å². The highest BCUT2D eigenvalue weighted by atomic mass is 16.1. The maximum absolute atomic E-state index is 12.2. The second-order valence-corrected chi connectivity index (χ2v) is 7.72. The van der Waals surface area contributed by atoms with Crippen molar-refractivity contribution in [2.24, 2.45) is 28.1 Å². The summed E-state index contributed by atoms with van der Waals surface area (Å²) in [5.41, 5.74) is 0.873. The van der Waals surface area contributed by atoms with Crippen LogP contribution in [0.15, 0.2) is 0 Å². The van der Waals surface area contributed by atoms with Crippen molar-refractivity contribution in [1.29, 1.82) is 0 Å². The number of carbonyl (C=O) groups excluding carboxylic acids is 1. The minimum atomic E-state index is 0.220. The molecular weight excluding hydrogens is 208 g/mol. The zero-order valence-electron chi connectivity index (χ0n) is 12.4. The molecule has 0 aromatic carbocycles. The van der Waals surface area contributed by atoms with Crippen LogP contribution in [-0.4, -0.2) is 5.78 Å². The van der Waals surface area contributed by atoms with Gasteiger partial charge in [-0.3, -0.25) is 4.79 Å². The van der Waals surface area contributed by atoms with E-state index in [2.05, 4.69) is 41.5 Å². The Morgan fingerprint density at radius 3 is 2.24 bits per heavy atom. The van der Waals surface area contributed by atoms with Gasteiger partial charge in [-0.25, -0.2) is 0 Å². The van der Waals surface area contributed by atoms with Crippen LogP contribution in [0.25, 0.3) is 0 Å². The monoisotopic (exact) mass is 236 g/mol. The fourth-order valence-corrected chi connectivity index (χ4v) is 5.02. The van der Waals surface area contributed by atoms with Gasteiger partial charge >= 0.3 is 0 Å². The molecule has 0 unspecified atom stereocenters. The molecule has 0 radical (unpaired) electrons. The van der Waals surface area contributed by atoms with Crippen LogP contribution in [0.2, 0.25) is 0 Å². The van der Waals surface area contributed by atoms with E-state index < -0.39 is 0 Å². The Hall–Kier alpha value is -0.330. The van der Waals surface area contributed by atoms with Crippen molar-refractivity contribution in [2.45, 2.75) is 67.2 Å². The van der Waals surface area contributed by atoms with E-state index in [9.17, 15) is 4.79 Å². The quantitative estimate of drug-likeness (QED) is 0.607. The average molecular weight is 236 g/mol. The number of rotatable bonds is 0. The second-order valence-electron chi connectivity index (χ2n) is 7.72. The van der Waals surface area contributed by atoms with Gasteiger partial charge in [0.15, 0.2) is 0 Å². The first-order valence-corrected chi connectivity index (χ1v) is 7.18. The van der Waals surface area contributed by atoms with Gasteiger partial charge in [0.05, 0.1) is 0 Å². The van der Waals surface area contributed by atoms with E-state index in [1.807, 2.05) is 0 Å². The zero-order valence-corrected chi connectivity index (χ0v) is 12.4. The van der Waals surface area contributed by atoms with Crippen LogP contribution in [0, 0.1) is 28.1 Å². The van der Waals surface area contributed by atoms with Gasteiger partial charge in [0, 0.05) is 12.3 Å². The normalized spacial score (nSPS) is 49.9. The van der Waals surface area contributed by atoms with Gasteiger partial charge in [0.2, 0.25) is 0 Å². The first kappa shape index (κ1) is 13.1. The molecule has 0 amide bonds. The lowest BCUT2D eigenvalue weighted by Gasteiger charge is -2.65. The topological polar surface area (TPSA) is 17.1 Å². The van der Waals surface area contributed by atoms with Gasteiger partial charge in [-0.05, 0) is 35.0 Å². The lowest BCUT2D eigenvalue weighted by atomic mass is 9.39. The molecule has 1 heteroatoms. The summed E-state index contributed by atoms with van der Waals surface area (Å²) in [6.07, 6.45) is 4.63. The molecule has 0 N–H and O–H groups in total. The molecule has 4 atom stereocenters.